The molecule has 0 bridgehead atoms. The first-order valence-electron chi connectivity index (χ1n) is 6.41. The Hall–Kier alpha value is -1.45. The summed E-state index contributed by atoms with van der Waals surface area (Å²) >= 11 is 0. The van der Waals surface area contributed by atoms with Crippen LogP contribution in [0.3, 0.4) is 0 Å². The number of nitrogens with two attached hydrogens (primary N) is 1. The molecule has 0 saturated heterocycles. The van der Waals surface area contributed by atoms with Crippen LogP contribution in [0.2, 0.25) is 0 Å². The highest BCUT2D eigenvalue weighted by Crippen LogP contribution is 2.34. The molecule has 1 aromatic heterocycles. The Kier molecular flexibility index (Phi) is 3.71. The van der Waals surface area contributed by atoms with Crippen molar-refractivity contribution in [1.82, 2.24) is 4.57 Å². The van der Waals surface area contributed by atoms with Gasteiger partial charge in [-0.3, -0.25) is 0 Å². The predicted octanol–water partition coefficient (Wildman–Crippen LogP) is 2.72. The minimum Gasteiger partial charge on any atom is -0.409 e. The summed E-state index contributed by atoms with van der Waals surface area (Å²) in [6.07, 6.45) is 8.28. The van der Waals surface area contributed by atoms with Gasteiger partial charge in [-0.15, -0.1) is 0 Å². The van der Waals surface area contributed by atoms with Crippen LogP contribution in [-0.2, 0) is 0 Å². The second-order valence-corrected chi connectivity index (χ2v) is 4.87. The molecule has 17 heavy (non-hydrogen) atoms. The van der Waals surface area contributed by atoms with Gasteiger partial charge >= 0.3 is 0 Å². The Morgan fingerprint density at radius 2 is 2.18 bits per heavy atom. The summed E-state index contributed by atoms with van der Waals surface area (Å²) in [5.41, 5.74) is 6.51. The van der Waals surface area contributed by atoms with E-state index in [2.05, 4.69) is 16.6 Å². The molecule has 1 saturated carbocycles. The highest BCUT2D eigenvalue weighted by Gasteiger charge is 2.22. The third-order valence-electron chi connectivity index (χ3n) is 3.94. The Morgan fingerprint density at radius 1 is 1.47 bits per heavy atom. The van der Waals surface area contributed by atoms with Gasteiger partial charge in [0.2, 0.25) is 0 Å². The molecule has 1 aliphatic carbocycles. The zero-order valence-electron chi connectivity index (χ0n) is 10.3. The van der Waals surface area contributed by atoms with Gasteiger partial charge in [0.05, 0.1) is 5.69 Å². The first-order valence-corrected chi connectivity index (χ1v) is 6.41. The van der Waals surface area contributed by atoms with Crippen molar-refractivity contribution in [3.8, 4) is 0 Å². The molecule has 4 nitrogen and oxygen atoms in total. The summed E-state index contributed by atoms with van der Waals surface area (Å²) in [7, 11) is 0. The van der Waals surface area contributed by atoms with Crippen molar-refractivity contribution >= 4 is 5.84 Å². The zero-order chi connectivity index (χ0) is 12.3. The molecule has 0 atom stereocenters. The van der Waals surface area contributed by atoms with E-state index >= 15 is 0 Å². The molecule has 3 N–H and O–H groups in total. The van der Waals surface area contributed by atoms with Crippen molar-refractivity contribution in [3.05, 3.63) is 24.0 Å². The van der Waals surface area contributed by atoms with Gasteiger partial charge in [0.1, 0.15) is 0 Å². The van der Waals surface area contributed by atoms with Crippen LogP contribution in [0, 0.1) is 5.92 Å². The number of nitrogens with zero attached hydrogens (tertiary/aromatic N) is 2. The second kappa shape index (κ2) is 5.25. The van der Waals surface area contributed by atoms with E-state index in [-0.39, 0.29) is 5.84 Å². The van der Waals surface area contributed by atoms with Crippen LogP contribution in [0.15, 0.2) is 23.5 Å². The van der Waals surface area contributed by atoms with Gasteiger partial charge in [-0.05, 0) is 43.7 Å². The molecule has 1 aliphatic rings. The van der Waals surface area contributed by atoms with E-state index in [1.807, 2.05) is 18.3 Å². The lowest BCUT2D eigenvalue weighted by atomic mass is 9.84. The van der Waals surface area contributed by atoms with Crippen LogP contribution in [0.5, 0.6) is 0 Å². The fourth-order valence-electron chi connectivity index (χ4n) is 2.81. The van der Waals surface area contributed by atoms with Gasteiger partial charge in [0.15, 0.2) is 5.84 Å². The van der Waals surface area contributed by atoms with Crippen molar-refractivity contribution < 1.29 is 5.21 Å². The molecule has 4 heteroatoms. The van der Waals surface area contributed by atoms with Crippen molar-refractivity contribution in [3.63, 3.8) is 0 Å². The first kappa shape index (κ1) is 12.0. The van der Waals surface area contributed by atoms with Crippen LogP contribution in [-0.4, -0.2) is 15.6 Å². The number of hydrogen-bond donors (Lipinski definition) is 2. The largest absolute Gasteiger partial charge is 0.409 e. The lowest BCUT2D eigenvalue weighted by molar-refractivity contribution is 0.268. The molecule has 0 amide bonds. The van der Waals surface area contributed by atoms with Gasteiger partial charge in [-0.2, -0.15) is 0 Å². The normalized spacial score (nSPS) is 26.1. The summed E-state index contributed by atoms with van der Waals surface area (Å²) in [5, 5.41) is 11.9. The summed E-state index contributed by atoms with van der Waals surface area (Å²) in [5.74, 6) is 1.08. The monoisotopic (exact) mass is 235 g/mol. The number of rotatable bonds is 3. The smallest absolute Gasteiger partial charge is 0.186 e. The van der Waals surface area contributed by atoms with Gasteiger partial charge in [-0.25, -0.2) is 0 Å². The molecule has 0 radical (unpaired) electrons. The van der Waals surface area contributed by atoms with Crippen LogP contribution in [0.25, 0.3) is 0 Å². The molecular weight excluding hydrogens is 214 g/mol. The number of amidine groups is 1. The number of hydrogen-bond acceptors (Lipinski definition) is 2. The molecule has 1 heterocycles. The van der Waals surface area contributed by atoms with E-state index in [0.717, 1.165) is 11.6 Å². The molecule has 2 rings (SSSR count). The molecule has 0 aliphatic heterocycles. The van der Waals surface area contributed by atoms with Crippen molar-refractivity contribution in [2.75, 3.05) is 0 Å². The fraction of sp³-hybridized carbons (Fsp3) is 0.615. The van der Waals surface area contributed by atoms with E-state index in [1.165, 1.54) is 32.1 Å². The average Bonchev–Trinajstić information content (AvgIpc) is 2.87. The Labute approximate surface area is 102 Å². The Bertz CT molecular complexity index is 389. The molecule has 0 spiro atoms. The molecule has 1 aromatic rings. The van der Waals surface area contributed by atoms with Crippen molar-refractivity contribution in [1.29, 1.82) is 0 Å². The van der Waals surface area contributed by atoms with E-state index in [4.69, 9.17) is 10.9 Å². The standard InChI is InChI=1S/C13H21N3O/c1-2-10-5-7-11(8-6-10)16-9-3-4-12(16)13(14)15-17/h3-4,9-11,17H,2,5-8H2,1H3,(H2,14,15). The zero-order valence-corrected chi connectivity index (χ0v) is 10.3. The maximum Gasteiger partial charge on any atom is 0.186 e. The van der Waals surface area contributed by atoms with Crippen LogP contribution in [0.1, 0.15) is 50.8 Å². The molecular formula is C13H21N3O. The summed E-state index contributed by atoms with van der Waals surface area (Å²) in [6, 6.07) is 4.36. The van der Waals surface area contributed by atoms with E-state index in [1.54, 1.807) is 0 Å². The lowest BCUT2D eigenvalue weighted by Crippen LogP contribution is -2.23. The highest BCUT2D eigenvalue weighted by atomic mass is 16.4. The van der Waals surface area contributed by atoms with Gasteiger partial charge in [0.25, 0.3) is 0 Å². The van der Waals surface area contributed by atoms with E-state index < -0.39 is 0 Å². The SMILES string of the molecule is CCC1CCC(n2cccc2/C(N)=N/O)CC1. The number of oxime groups is 1. The minimum absolute atomic E-state index is 0.201. The molecule has 0 aromatic carbocycles. The van der Waals surface area contributed by atoms with Crippen LogP contribution >= 0.6 is 0 Å². The third-order valence-corrected chi connectivity index (χ3v) is 3.94. The predicted molar refractivity (Wildman–Crippen MR) is 68.2 cm³/mol. The second-order valence-electron chi connectivity index (χ2n) is 4.87. The maximum absolute atomic E-state index is 8.76. The highest BCUT2D eigenvalue weighted by molar-refractivity contribution is 5.95. The van der Waals surface area contributed by atoms with E-state index in [0.29, 0.717) is 6.04 Å². The van der Waals surface area contributed by atoms with Gasteiger partial charge in [0, 0.05) is 12.2 Å². The average molecular weight is 235 g/mol. The molecule has 0 unspecified atom stereocenters. The van der Waals surface area contributed by atoms with Gasteiger partial charge < -0.3 is 15.5 Å². The van der Waals surface area contributed by atoms with Crippen molar-refractivity contribution in [2.24, 2.45) is 16.8 Å². The Morgan fingerprint density at radius 3 is 2.76 bits per heavy atom. The quantitative estimate of drug-likeness (QED) is 0.366. The van der Waals surface area contributed by atoms with Crippen LogP contribution in [0.4, 0.5) is 0 Å². The molecule has 94 valence electrons. The summed E-state index contributed by atoms with van der Waals surface area (Å²) in [6.45, 7) is 2.27. The van der Waals surface area contributed by atoms with Gasteiger partial charge in [-0.1, -0.05) is 18.5 Å². The maximum atomic E-state index is 8.76. The first-order chi connectivity index (χ1) is 8.26. The van der Waals surface area contributed by atoms with Crippen LogP contribution < -0.4 is 5.73 Å². The Balaban J connectivity index is 2.11. The lowest BCUT2D eigenvalue weighted by Gasteiger charge is -2.30. The number of aromatic nitrogens is 1. The third kappa shape index (κ3) is 2.46. The molecule has 1 fully saturated rings. The minimum atomic E-state index is 0.201. The summed E-state index contributed by atoms with van der Waals surface area (Å²) in [4.78, 5) is 0. The summed E-state index contributed by atoms with van der Waals surface area (Å²) < 4.78 is 2.15. The topological polar surface area (TPSA) is 63.5 Å². The van der Waals surface area contributed by atoms with Crippen molar-refractivity contribution in [2.45, 2.75) is 45.1 Å². The fourth-order valence-corrected chi connectivity index (χ4v) is 2.81. The van der Waals surface area contributed by atoms with E-state index in [9.17, 15) is 0 Å².